The molecule has 1 spiro atoms. The molecule has 1 heterocycles. The van der Waals surface area contributed by atoms with Crippen LogP contribution in [0.15, 0.2) is 6.08 Å². The normalized spacial score (nSPS) is 18.7. The largest absolute Gasteiger partial charge is 0.461 e. The summed E-state index contributed by atoms with van der Waals surface area (Å²) in [7, 11) is -1.13. The van der Waals surface area contributed by atoms with Crippen molar-refractivity contribution in [2.75, 3.05) is 13.2 Å². The van der Waals surface area contributed by atoms with Gasteiger partial charge < -0.3 is 9.47 Å². The summed E-state index contributed by atoms with van der Waals surface area (Å²) in [6.07, 6.45) is 10.1. The lowest BCUT2D eigenvalue weighted by atomic mass is 9.62. The van der Waals surface area contributed by atoms with Crippen molar-refractivity contribution >= 4 is 19.6 Å². The van der Waals surface area contributed by atoms with Crippen LogP contribution in [0.2, 0.25) is 25.7 Å². The molecule has 1 aromatic rings. The van der Waals surface area contributed by atoms with Crippen molar-refractivity contribution in [2.45, 2.75) is 84.8 Å². The molecule has 1 aromatic heterocycles. The van der Waals surface area contributed by atoms with Crippen molar-refractivity contribution in [3.63, 3.8) is 0 Å². The van der Waals surface area contributed by atoms with Gasteiger partial charge in [-0.3, -0.25) is 0 Å². The van der Waals surface area contributed by atoms with Gasteiger partial charge in [-0.2, -0.15) is 5.10 Å². The van der Waals surface area contributed by atoms with Crippen molar-refractivity contribution in [2.24, 2.45) is 5.41 Å². The molecule has 0 aromatic carbocycles. The van der Waals surface area contributed by atoms with E-state index >= 15 is 0 Å². The van der Waals surface area contributed by atoms with Gasteiger partial charge in [-0.1, -0.05) is 45.0 Å². The van der Waals surface area contributed by atoms with Gasteiger partial charge in [0.05, 0.1) is 12.3 Å². The number of rotatable bonds is 8. The third kappa shape index (κ3) is 4.77. The Kier molecular flexibility index (Phi) is 6.50. The van der Waals surface area contributed by atoms with Crippen LogP contribution in [-0.4, -0.2) is 37.0 Å². The highest BCUT2D eigenvalue weighted by molar-refractivity contribution is 6.76. The van der Waals surface area contributed by atoms with E-state index < -0.39 is 8.07 Å². The van der Waals surface area contributed by atoms with Crippen molar-refractivity contribution < 1.29 is 14.3 Å². The molecule has 0 N–H and O–H groups in total. The van der Waals surface area contributed by atoms with Crippen molar-refractivity contribution in [1.82, 2.24) is 9.78 Å². The Morgan fingerprint density at radius 2 is 1.93 bits per heavy atom. The summed E-state index contributed by atoms with van der Waals surface area (Å²) in [5, 5.41) is 4.59. The maximum Gasteiger partial charge on any atom is 0.359 e. The van der Waals surface area contributed by atoms with E-state index in [0.717, 1.165) is 30.3 Å². The first-order valence-electron chi connectivity index (χ1n) is 10.8. The molecule has 2 aliphatic carbocycles. The fraction of sp³-hybridized carbons (Fsp3) is 0.727. The second-order valence-corrected chi connectivity index (χ2v) is 15.3. The standard InChI is InChI=1S/C22H36N2O3Si/c1-6-27-21(25)19-17(2)20(18-14-22(15-18)10-8-7-9-11-22)24(23-19)16-26-12-13-28(3,4)5/h14H,6-13,15-16H2,1-5H3. The molecule has 28 heavy (non-hydrogen) atoms. The number of allylic oxidation sites excluding steroid dienone is 2. The number of hydrogen-bond donors (Lipinski definition) is 0. The predicted molar refractivity (Wildman–Crippen MR) is 115 cm³/mol. The minimum absolute atomic E-state index is 0.339. The minimum atomic E-state index is -1.13. The van der Waals surface area contributed by atoms with E-state index in [2.05, 4.69) is 30.8 Å². The highest BCUT2D eigenvalue weighted by Crippen LogP contribution is 2.53. The van der Waals surface area contributed by atoms with Gasteiger partial charge >= 0.3 is 5.97 Å². The van der Waals surface area contributed by atoms with Crippen LogP contribution in [0.25, 0.3) is 5.57 Å². The molecule has 5 nitrogen and oxygen atoms in total. The quantitative estimate of drug-likeness (QED) is 0.330. The van der Waals surface area contributed by atoms with Crippen LogP contribution >= 0.6 is 0 Å². The van der Waals surface area contributed by atoms with Gasteiger partial charge in [0, 0.05) is 20.2 Å². The molecule has 1 saturated carbocycles. The molecular formula is C22H36N2O3Si. The van der Waals surface area contributed by atoms with Gasteiger partial charge in [0.25, 0.3) is 0 Å². The molecule has 0 radical (unpaired) electrons. The average molecular weight is 405 g/mol. The monoisotopic (exact) mass is 404 g/mol. The highest BCUT2D eigenvalue weighted by Gasteiger charge is 2.40. The van der Waals surface area contributed by atoms with E-state index in [1.54, 1.807) is 0 Å². The Morgan fingerprint density at radius 3 is 2.54 bits per heavy atom. The van der Waals surface area contributed by atoms with E-state index in [9.17, 15) is 4.79 Å². The van der Waals surface area contributed by atoms with Gasteiger partial charge in [0.15, 0.2) is 5.69 Å². The third-order valence-electron chi connectivity index (χ3n) is 6.04. The van der Waals surface area contributed by atoms with Gasteiger partial charge in [0.2, 0.25) is 0 Å². The third-order valence-corrected chi connectivity index (χ3v) is 7.75. The zero-order valence-corrected chi connectivity index (χ0v) is 19.3. The number of aromatic nitrogens is 2. The topological polar surface area (TPSA) is 53.3 Å². The Hall–Kier alpha value is -1.40. The zero-order valence-electron chi connectivity index (χ0n) is 18.3. The molecule has 0 aliphatic heterocycles. The molecule has 1 fully saturated rings. The van der Waals surface area contributed by atoms with Crippen LogP contribution in [-0.2, 0) is 16.2 Å². The van der Waals surface area contributed by atoms with Crippen LogP contribution < -0.4 is 0 Å². The SMILES string of the molecule is CCOC(=O)c1nn(COCC[Si](C)(C)C)c(C2=CC3(CCCCC3)C2)c1C. The van der Waals surface area contributed by atoms with Gasteiger partial charge in [-0.15, -0.1) is 0 Å². The smallest absolute Gasteiger partial charge is 0.359 e. The Morgan fingerprint density at radius 1 is 1.25 bits per heavy atom. The number of ether oxygens (including phenoxy) is 2. The summed E-state index contributed by atoms with van der Waals surface area (Å²) >= 11 is 0. The fourth-order valence-corrected chi connectivity index (χ4v) is 5.18. The molecule has 6 heteroatoms. The van der Waals surface area contributed by atoms with E-state index in [4.69, 9.17) is 9.47 Å². The zero-order chi connectivity index (χ0) is 20.4. The molecule has 0 atom stereocenters. The van der Waals surface area contributed by atoms with Crippen LogP contribution in [0.1, 0.15) is 67.2 Å². The lowest BCUT2D eigenvalue weighted by Crippen LogP contribution is -2.30. The van der Waals surface area contributed by atoms with Crippen LogP contribution in [0.3, 0.4) is 0 Å². The summed E-state index contributed by atoms with van der Waals surface area (Å²) in [6.45, 7) is 12.4. The molecule has 156 valence electrons. The number of esters is 1. The molecule has 0 amide bonds. The van der Waals surface area contributed by atoms with Crippen molar-refractivity contribution in [3.05, 3.63) is 23.0 Å². The fourth-order valence-electron chi connectivity index (χ4n) is 4.42. The van der Waals surface area contributed by atoms with Crippen LogP contribution in [0.5, 0.6) is 0 Å². The van der Waals surface area contributed by atoms with E-state index in [-0.39, 0.29) is 5.97 Å². The maximum absolute atomic E-state index is 12.4. The molecular weight excluding hydrogens is 368 g/mol. The molecule has 0 unspecified atom stereocenters. The molecule has 0 bridgehead atoms. The summed E-state index contributed by atoms with van der Waals surface area (Å²) in [4.78, 5) is 12.4. The minimum Gasteiger partial charge on any atom is -0.461 e. The molecule has 2 aliphatic rings. The first kappa shape index (κ1) is 21.3. The van der Waals surface area contributed by atoms with Crippen molar-refractivity contribution in [1.29, 1.82) is 0 Å². The van der Waals surface area contributed by atoms with Crippen LogP contribution in [0.4, 0.5) is 0 Å². The van der Waals surface area contributed by atoms with Gasteiger partial charge in [-0.05, 0) is 50.1 Å². The lowest BCUT2D eigenvalue weighted by Gasteiger charge is -2.43. The Balaban J connectivity index is 1.80. The molecule has 3 rings (SSSR count). The Labute approximate surface area is 170 Å². The van der Waals surface area contributed by atoms with E-state index in [1.807, 2.05) is 18.5 Å². The van der Waals surface area contributed by atoms with Crippen LogP contribution in [0, 0.1) is 12.3 Å². The predicted octanol–water partition coefficient (Wildman–Crippen LogP) is 5.42. The Bertz CT molecular complexity index is 740. The second kappa shape index (κ2) is 8.53. The highest BCUT2D eigenvalue weighted by atomic mass is 28.3. The number of hydrogen-bond acceptors (Lipinski definition) is 4. The molecule has 0 saturated heterocycles. The summed E-state index contributed by atoms with van der Waals surface area (Å²) < 4.78 is 13.1. The van der Waals surface area contributed by atoms with Gasteiger partial charge in [0.1, 0.15) is 6.73 Å². The maximum atomic E-state index is 12.4. The van der Waals surface area contributed by atoms with Crippen molar-refractivity contribution in [3.8, 4) is 0 Å². The number of nitrogens with zero attached hydrogens (tertiary/aromatic N) is 2. The first-order chi connectivity index (χ1) is 13.2. The average Bonchev–Trinajstić information content (AvgIpc) is 2.93. The number of carbonyl (C=O) groups excluding carboxylic acids is 1. The summed E-state index contributed by atoms with van der Waals surface area (Å²) in [5.41, 5.74) is 4.11. The summed E-state index contributed by atoms with van der Waals surface area (Å²) in [6, 6.07) is 1.12. The van der Waals surface area contributed by atoms with E-state index in [1.165, 1.54) is 37.7 Å². The van der Waals surface area contributed by atoms with E-state index in [0.29, 0.717) is 24.4 Å². The number of carbonyl (C=O) groups is 1. The van der Waals surface area contributed by atoms with Gasteiger partial charge in [-0.25, -0.2) is 9.48 Å². The summed E-state index contributed by atoms with van der Waals surface area (Å²) in [5.74, 6) is -0.339. The first-order valence-corrected chi connectivity index (χ1v) is 14.5. The lowest BCUT2D eigenvalue weighted by molar-refractivity contribution is 0.0510. The second-order valence-electron chi connectivity index (χ2n) is 9.66.